The lowest BCUT2D eigenvalue weighted by atomic mass is 9.57. The second-order valence-electron chi connectivity index (χ2n) is 16.4. The fraction of sp³-hybridized carbons (Fsp3) is 0.127. The van der Waals surface area contributed by atoms with Crippen LogP contribution in [0, 0.1) is 0 Å². The van der Waals surface area contributed by atoms with E-state index in [0.717, 1.165) is 19.3 Å². The zero-order valence-corrected chi connectivity index (χ0v) is 30.8. The molecule has 0 amide bonds. The van der Waals surface area contributed by atoms with Crippen LogP contribution in [0.15, 0.2) is 194 Å². The standard InChI is InChI=1S/C55H40/c1-5-21-40-36(17-1)37-18-2-6-22-41(37)48(40)33-54(50-29-13-9-25-44(50)45-26-10-14-30-51(45)54)35-55(52-31-15-11-27-46(52)47-28-12-16-32-53(47)55)34-49-42-23-7-3-19-38(42)39-20-4-8-24-43(39)49/h1-32,48-49H,33-35H2. The van der Waals surface area contributed by atoms with Gasteiger partial charge in [-0.05, 0) is 108 Å². The molecule has 4 aliphatic carbocycles. The maximum Gasteiger partial charge on any atom is 0.0235 e. The van der Waals surface area contributed by atoms with Crippen LogP contribution in [0.4, 0.5) is 0 Å². The topological polar surface area (TPSA) is 0 Å². The molecule has 0 aromatic heterocycles. The highest BCUT2D eigenvalue weighted by Crippen LogP contribution is 2.66. The molecule has 0 unspecified atom stereocenters. The van der Waals surface area contributed by atoms with Gasteiger partial charge in [0, 0.05) is 22.7 Å². The highest BCUT2D eigenvalue weighted by molar-refractivity contribution is 5.86. The lowest BCUT2D eigenvalue weighted by Crippen LogP contribution is -2.40. The van der Waals surface area contributed by atoms with Crippen molar-refractivity contribution in [3.63, 3.8) is 0 Å². The molecule has 55 heavy (non-hydrogen) atoms. The smallest absolute Gasteiger partial charge is 0.0235 e. The molecule has 12 rings (SSSR count). The minimum absolute atomic E-state index is 0.267. The molecule has 0 atom stereocenters. The third-order valence-electron chi connectivity index (χ3n) is 14.0. The van der Waals surface area contributed by atoms with Gasteiger partial charge in [0.2, 0.25) is 0 Å². The minimum atomic E-state index is -0.273. The third kappa shape index (κ3) is 4.23. The average Bonchev–Trinajstić information content (AvgIpc) is 3.92. The van der Waals surface area contributed by atoms with E-state index in [1.807, 2.05) is 0 Å². The van der Waals surface area contributed by atoms with E-state index in [0.29, 0.717) is 0 Å². The number of hydrogen-bond donors (Lipinski definition) is 0. The lowest BCUT2D eigenvalue weighted by Gasteiger charge is -2.45. The van der Waals surface area contributed by atoms with Gasteiger partial charge < -0.3 is 0 Å². The summed E-state index contributed by atoms with van der Waals surface area (Å²) in [5.74, 6) is 0.534. The maximum atomic E-state index is 2.47. The molecule has 0 saturated carbocycles. The van der Waals surface area contributed by atoms with E-state index in [1.54, 1.807) is 0 Å². The zero-order chi connectivity index (χ0) is 36.1. The molecule has 0 saturated heterocycles. The van der Waals surface area contributed by atoms with Crippen LogP contribution in [0.25, 0.3) is 44.5 Å². The van der Waals surface area contributed by atoms with Gasteiger partial charge in [0.1, 0.15) is 0 Å². The highest BCUT2D eigenvalue weighted by atomic mass is 14.6. The first-order valence-corrected chi connectivity index (χ1v) is 20.0. The number of fused-ring (bicyclic) bond motifs is 12. The fourth-order valence-corrected chi connectivity index (χ4v) is 12.0. The van der Waals surface area contributed by atoms with Crippen molar-refractivity contribution >= 4 is 0 Å². The van der Waals surface area contributed by atoms with Crippen molar-refractivity contribution in [3.8, 4) is 44.5 Å². The highest BCUT2D eigenvalue weighted by Gasteiger charge is 2.55. The monoisotopic (exact) mass is 700 g/mol. The first-order valence-electron chi connectivity index (χ1n) is 20.0. The average molecular weight is 701 g/mol. The molecule has 0 heterocycles. The summed E-state index contributed by atoms with van der Waals surface area (Å²) in [4.78, 5) is 0. The van der Waals surface area contributed by atoms with E-state index in [9.17, 15) is 0 Å². The number of hydrogen-bond acceptors (Lipinski definition) is 0. The maximum absolute atomic E-state index is 2.47. The number of rotatable bonds is 6. The SMILES string of the molecule is c1ccc2c(c1)-c1ccccc1C2CC1(CC2(CC3c4ccccc4-c4ccccc43)c3ccccc3-c3ccccc32)c2ccccc2-c2ccccc21. The Labute approximate surface area is 323 Å². The quantitative estimate of drug-likeness (QED) is 0.162. The van der Waals surface area contributed by atoms with E-state index in [1.165, 1.54) is 89.0 Å². The molecule has 4 aliphatic rings. The van der Waals surface area contributed by atoms with Gasteiger partial charge in [-0.15, -0.1) is 0 Å². The first kappa shape index (κ1) is 31.1. The minimum Gasteiger partial charge on any atom is -0.0619 e. The fourth-order valence-electron chi connectivity index (χ4n) is 12.0. The molecule has 0 heteroatoms. The Morgan fingerprint density at radius 1 is 0.255 bits per heavy atom. The van der Waals surface area contributed by atoms with E-state index < -0.39 is 0 Å². The first-order chi connectivity index (χ1) is 27.3. The normalized spacial score (nSPS) is 16.0. The van der Waals surface area contributed by atoms with Gasteiger partial charge in [0.05, 0.1) is 0 Å². The molecule has 0 N–H and O–H groups in total. The summed E-state index contributed by atoms with van der Waals surface area (Å²) in [5, 5.41) is 0. The Morgan fingerprint density at radius 2 is 0.473 bits per heavy atom. The molecule has 0 spiro atoms. The van der Waals surface area contributed by atoms with Crippen LogP contribution in [0.3, 0.4) is 0 Å². The van der Waals surface area contributed by atoms with Gasteiger partial charge in [-0.1, -0.05) is 194 Å². The van der Waals surface area contributed by atoms with Gasteiger partial charge in [0.25, 0.3) is 0 Å². The molecule has 260 valence electrons. The molecule has 0 bridgehead atoms. The van der Waals surface area contributed by atoms with Gasteiger partial charge in [-0.2, -0.15) is 0 Å². The predicted molar refractivity (Wildman–Crippen MR) is 227 cm³/mol. The Morgan fingerprint density at radius 3 is 0.745 bits per heavy atom. The predicted octanol–water partition coefficient (Wildman–Crippen LogP) is 13.7. The second kappa shape index (κ2) is 11.6. The lowest BCUT2D eigenvalue weighted by molar-refractivity contribution is 0.310. The van der Waals surface area contributed by atoms with E-state index in [2.05, 4.69) is 194 Å². The summed E-state index contributed by atoms with van der Waals surface area (Å²) in [7, 11) is 0. The van der Waals surface area contributed by atoms with Crippen molar-refractivity contribution in [2.45, 2.75) is 41.9 Å². The van der Waals surface area contributed by atoms with E-state index in [-0.39, 0.29) is 22.7 Å². The summed E-state index contributed by atoms with van der Waals surface area (Å²) in [6, 6.07) is 74.5. The van der Waals surface area contributed by atoms with Gasteiger partial charge >= 0.3 is 0 Å². The van der Waals surface area contributed by atoms with Crippen molar-refractivity contribution < 1.29 is 0 Å². The van der Waals surface area contributed by atoms with Crippen LogP contribution >= 0.6 is 0 Å². The van der Waals surface area contributed by atoms with E-state index >= 15 is 0 Å². The largest absolute Gasteiger partial charge is 0.0619 e. The number of benzene rings is 8. The summed E-state index contributed by atoms with van der Waals surface area (Å²) in [6.45, 7) is 0. The van der Waals surface area contributed by atoms with Crippen LogP contribution in [0.5, 0.6) is 0 Å². The van der Waals surface area contributed by atoms with Crippen LogP contribution in [-0.2, 0) is 10.8 Å². The Balaban J connectivity index is 1.15. The Bertz CT molecular complexity index is 2460. The molecule has 8 aromatic carbocycles. The molecular formula is C55H40. The molecule has 0 fully saturated rings. The third-order valence-corrected chi connectivity index (χ3v) is 14.0. The summed E-state index contributed by atoms with van der Waals surface area (Å²) < 4.78 is 0. The molecule has 0 aliphatic heterocycles. The zero-order valence-electron chi connectivity index (χ0n) is 30.8. The van der Waals surface area contributed by atoms with Crippen molar-refractivity contribution in [1.82, 2.24) is 0 Å². The summed E-state index contributed by atoms with van der Waals surface area (Å²) in [5.41, 5.74) is 22.4. The second-order valence-corrected chi connectivity index (χ2v) is 16.4. The van der Waals surface area contributed by atoms with Crippen LogP contribution in [0.2, 0.25) is 0 Å². The van der Waals surface area contributed by atoms with Gasteiger partial charge in [0.15, 0.2) is 0 Å². The van der Waals surface area contributed by atoms with Gasteiger partial charge in [-0.3, -0.25) is 0 Å². The van der Waals surface area contributed by atoms with Crippen LogP contribution in [0.1, 0.15) is 75.6 Å². The Hall–Kier alpha value is -6.24. The molecule has 8 aromatic rings. The summed E-state index contributed by atoms with van der Waals surface area (Å²) >= 11 is 0. The molecule has 0 radical (unpaired) electrons. The Kier molecular flexibility index (Phi) is 6.59. The molecule has 0 nitrogen and oxygen atoms in total. The molecular weight excluding hydrogens is 661 g/mol. The van der Waals surface area contributed by atoms with Crippen LogP contribution < -0.4 is 0 Å². The van der Waals surface area contributed by atoms with Crippen molar-refractivity contribution in [1.29, 1.82) is 0 Å². The van der Waals surface area contributed by atoms with Crippen molar-refractivity contribution in [2.75, 3.05) is 0 Å². The van der Waals surface area contributed by atoms with Crippen molar-refractivity contribution in [2.24, 2.45) is 0 Å². The van der Waals surface area contributed by atoms with E-state index in [4.69, 9.17) is 0 Å². The van der Waals surface area contributed by atoms with Gasteiger partial charge in [-0.25, -0.2) is 0 Å². The summed E-state index contributed by atoms with van der Waals surface area (Å²) in [6.07, 6.45) is 2.97. The van der Waals surface area contributed by atoms with Crippen LogP contribution in [-0.4, -0.2) is 0 Å². The van der Waals surface area contributed by atoms with Crippen molar-refractivity contribution in [3.05, 3.63) is 239 Å².